The minimum atomic E-state index is -1.81. The summed E-state index contributed by atoms with van der Waals surface area (Å²) >= 11 is 0. The monoisotopic (exact) mass is 480 g/mol. The minimum absolute atomic E-state index is 0.0165. The molecule has 186 valence electrons. The maximum atomic E-state index is 12.3. The van der Waals surface area contributed by atoms with Crippen LogP contribution in [0.15, 0.2) is 48.5 Å². The zero-order valence-electron chi connectivity index (χ0n) is 19.9. The Kier molecular flexibility index (Phi) is 7.40. The molecular formula is C27H32N2O6. The molecule has 0 spiro atoms. The molecular weight excluding hydrogens is 448 g/mol. The van der Waals surface area contributed by atoms with Crippen LogP contribution in [-0.4, -0.2) is 64.9 Å². The normalized spacial score (nSPS) is 16.6. The van der Waals surface area contributed by atoms with E-state index in [-0.39, 0.29) is 37.4 Å². The number of nitrogens with one attached hydrogen (secondary N) is 1. The number of aliphatic hydroxyl groups is 1. The van der Waals surface area contributed by atoms with E-state index in [4.69, 9.17) is 9.84 Å². The number of alkyl carbamates (subject to hydrolysis) is 1. The van der Waals surface area contributed by atoms with Crippen LogP contribution >= 0.6 is 0 Å². The Balaban J connectivity index is 1.18. The zero-order chi connectivity index (χ0) is 25.0. The lowest BCUT2D eigenvalue weighted by Gasteiger charge is -2.43. The van der Waals surface area contributed by atoms with E-state index in [1.165, 1.54) is 27.2 Å². The Labute approximate surface area is 204 Å². The molecule has 1 unspecified atom stereocenters. The Morgan fingerprint density at radius 1 is 1.06 bits per heavy atom. The van der Waals surface area contributed by atoms with Gasteiger partial charge >= 0.3 is 12.1 Å². The standard InChI is InChI=1S/C27H32N2O6/c1-2-18(11-12-24(30)29-16-27(34,17-29)25(31)32)13-14-28-26(33)35-15-23-21-9-5-3-7-19(21)20-8-4-6-10-22(20)23/h3-10,18,23,34H,2,11-17H2,1H3,(H,28,33)(H,31,32). The van der Waals surface area contributed by atoms with E-state index >= 15 is 0 Å². The SMILES string of the molecule is CCC(CCNC(=O)OCC1c2ccccc2-c2ccccc21)CCC(=O)N1CC(O)(C(=O)O)C1. The van der Waals surface area contributed by atoms with Crippen molar-refractivity contribution >= 4 is 18.0 Å². The molecule has 35 heavy (non-hydrogen) atoms. The van der Waals surface area contributed by atoms with Crippen molar-refractivity contribution in [3.63, 3.8) is 0 Å². The van der Waals surface area contributed by atoms with Gasteiger partial charge in [0.2, 0.25) is 5.91 Å². The van der Waals surface area contributed by atoms with Crippen molar-refractivity contribution in [1.82, 2.24) is 10.2 Å². The Bertz CT molecular complexity index is 1050. The van der Waals surface area contributed by atoms with E-state index in [1.54, 1.807) is 0 Å². The third-order valence-corrected chi connectivity index (χ3v) is 7.17. The molecule has 3 N–H and O–H groups in total. The molecule has 1 atom stereocenters. The van der Waals surface area contributed by atoms with Gasteiger partial charge in [-0.15, -0.1) is 0 Å². The second kappa shape index (κ2) is 10.5. The number of rotatable bonds is 10. The summed E-state index contributed by atoms with van der Waals surface area (Å²) in [6.07, 6.45) is 2.06. The van der Waals surface area contributed by atoms with E-state index in [0.29, 0.717) is 25.8 Å². The van der Waals surface area contributed by atoms with Crippen LogP contribution in [0.2, 0.25) is 0 Å². The molecule has 1 aliphatic carbocycles. The quantitative estimate of drug-likeness (QED) is 0.480. The molecule has 8 nitrogen and oxygen atoms in total. The number of carbonyl (C=O) groups excluding carboxylic acids is 2. The average molecular weight is 481 g/mol. The van der Waals surface area contributed by atoms with E-state index in [0.717, 1.165) is 6.42 Å². The van der Waals surface area contributed by atoms with Crippen LogP contribution < -0.4 is 5.32 Å². The van der Waals surface area contributed by atoms with Crippen molar-refractivity contribution in [2.75, 3.05) is 26.2 Å². The van der Waals surface area contributed by atoms with Crippen LogP contribution in [0, 0.1) is 5.92 Å². The molecule has 1 heterocycles. The van der Waals surface area contributed by atoms with Crippen LogP contribution in [-0.2, 0) is 14.3 Å². The topological polar surface area (TPSA) is 116 Å². The van der Waals surface area contributed by atoms with Gasteiger partial charge in [0.05, 0.1) is 13.1 Å². The largest absolute Gasteiger partial charge is 0.479 e. The van der Waals surface area contributed by atoms with Crippen LogP contribution in [0.3, 0.4) is 0 Å². The molecule has 1 saturated heterocycles. The van der Waals surface area contributed by atoms with E-state index < -0.39 is 17.7 Å². The van der Waals surface area contributed by atoms with Gasteiger partial charge in [0.25, 0.3) is 0 Å². The van der Waals surface area contributed by atoms with Crippen LogP contribution in [0.4, 0.5) is 4.79 Å². The lowest BCUT2D eigenvalue weighted by molar-refractivity contribution is -0.182. The van der Waals surface area contributed by atoms with Crippen molar-refractivity contribution in [2.45, 2.75) is 44.1 Å². The molecule has 0 saturated carbocycles. The molecule has 0 aromatic heterocycles. The van der Waals surface area contributed by atoms with Crippen molar-refractivity contribution < 1.29 is 29.3 Å². The highest BCUT2D eigenvalue weighted by molar-refractivity contribution is 5.85. The predicted octanol–water partition coefficient (Wildman–Crippen LogP) is 3.38. The van der Waals surface area contributed by atoms with E-state index in [9.17, 15) is 19.5 Å². The lowest BCUT2D eigenvalue weighted by atomic mass is 9.92. The van der Waals surface area contributed by atoms with Gasteiger partial charge in [-0.1, -0.05) is 61.9 Å². The summed E-state index contributed by atoms with van der Waals surface area (Å²) in [7, 11) is 0. The molecule has 4 rings (SSSR count). The number of carbonyl (C=O) groups is 3. The van der Waals surface area contributed by atoms with Crippen LogP contribution in [0.25, 0.3) is 11.1 Å². The zero-order valence-corrected chi connectivity index (χ0v) is 19.9. The molecule has 2 aliphatic rings. The van der Waals surface area contributed by atoms with Crippen molar-refractivity contribution in [3.8, 4) is 11.1 Å². The molecule has 2 aromatic carbocycles. The highest BCUT2D eigenvalue weighted by Gasteiger charge is 2.49. The maximum absolute atomic E-state index is 12.3. The number of ether oxygens (including phenoxy) is 1. The van der Waals surface area contributed by atoms with Gasteiger partial charge in [0.15, 0.2) is 5.60 Å². The van der Waals surface area contributed by atoms with Crippen molar-refractivity contribution in [2.24, 2.45) is 5.92 Å². The van der Waals surface area contributed by atoms with Crippen molar-refractivity contribution in [1.29, 1.82) is 0 Å². The summed E-state index contributed by atoms with van der Waals surface area (Å²) in [4.78, 5) is 36.9. The number of carboxylic acids is 1. The molecule has 1 fully saturated rings. The second-order valence-corrected chi connectivity index (χ2v) is 9.44. The van der Waals surface area contributed by atoms with Gasteiger partial charge in [0, 0.05) is 18.9 Å². The number of fused-ring (bicyclic) bond motifs is 3. The summed E-state index contributed by atoms with van der Waals surface area (Å²) in [5.41, 5.74) is 2.89. The summed E-state index contributed by atoms with van der Waals surface area (Å²) in [5, 5.41) is 21.5. The fourth-order valence-corrected chi connectivity index (χ4v) is 4.96. The van der Waals surface area contributed by atoms with Gasteiger partial charge in [-0.2, -0.15) is 0 Å². The number of hydrogen-bond donors (Lipinski definition) is 3. The lowest BCUT2D eigenvalue weighted by Crippen LogP contribution is -2.67. The number of benzene rings is 2. The number of β-amino-alcohol motifs (C(OH)–C–C–N with tert-alkyl or cyclic N) is 1. The number of aliphatic carboxylic acids is 1. The average Bonchev–Trinajstić information content (AvgIpc) is 3.16. The molecule has 2 aromatic rings. The number of amides is 2. The highest BCUT2D eigenvalue weighted by atomic mass is 16.5. The molecule has 2 amide bonds. The van der Waals surface area contributed by atoms with Crippen molar-refractivity contribution in [3.05, 3.63) is 59.7 Å². The van der Waals surface area contributed by atoms with Gasteiger partial charge in [-0.3, -0.25) is 4.79 Å². The Hall–Kier alpha value is -3.39. The first kappa shape index (κ1) is 24.7. The second-order valence-electron chi connectivity index (χ2n) is 9.44. The van der Waals surface area contributed by atoms with Gasteiger partial charge < -0.3 is 25.2 Å². The number of hydrogen-bond acceptors (Lipinski definition) is 5. The highest BCUT2D eigenvalue weighted by Crippen LogP contribution is 2.44. The first-order valence-electron chi connectivity index (χ1n) is 12.1. The molecule has 0 radical (unpaired) electrons. The summed E-state index contributed by atoms with van der Waals surface area (Å²) in [5.74, 6) is -1.19. The summed E-state index contributed by atoms with van der Waals surface area (Å²) < 4.78 is 5.56. The third kappa shape index (κ3) is 5.32. The predicted molar refractivity (Wildman–Crippen MR) is 130 cm³/mol. The van der Waals surface area contributed by atoms with Crippen LogP contribution in [0.5, 0.6) is 0 Å². The third-order valence-electron chi connectivity index (χ3n) is 7.17. The van der Waals surface area contributed by atoms with Gasteiger partial charge in [-0.25, -0.2) is 9.59 Å². The number of carboxylic acid groups (broad SMARTS) is 1. The first-order chi connectivity index (χ1) is 16.8. The first-order valence-corrected chi connectivity index (χ1v) is 12.1. The number of nitrogens with zero attached hydrogens (tertiary/aromatic N) is 1. The Morgan fingerprint density at radius 3 is 2.23 bits per heavy atom. The molecule has 0 bridgehead atoms. The van der Waals surface area contributed by atoms with E-state index in [1.807, 2.05) is 31.2 Å². The molecule has 1 aliphatic heterocycles. The minimum Gasteiger partial charge on any atom is -0.479 e. The summed E-state index contributed by atoms with van der Waals surface area (Å²) in [6, 6.07) is 16.4. The summed E-state index contributed by atoms with van der Waals surface area (Å²) in [6.45, 7) is 2.42. The van der Waals surface area contributed by atoms with Gasteiger partial charge in [-0.05, 0) is 41.0 Å². The number of likely N-dealkylation sites (tertiary alicyclic amines) is 1. The van der Waals surface area contributed by atoms with Gasteiger partial charge in [0.1, 0.15) is 6.61 Å². The van der Waals surface area contributed by atoms with E-state index in [2.05, 4.69) is 29.6 Å². The smallest absolute Gasteiger partial charge is 0.407 e. The molecule has 8 heteroatoms. The van der Waals surface area contributed by atoms with Crippen LogP contribution in [0.1, 0.15) is 49.7 Å². The fourth-order valence-electron chi connectivity index (χ4n) is 4.96. The maximum Gasteiger partial charge on any atom is 0.407 e. The fraction of sp³-hybridized carbons (Fsp3) is 0.444. The Morgan fingerprint density at radius 2 is 1.66 bits per heavy atom.